The molecule has 0 fully saturated rings. The van der Waals surface area contributed by atoms with Gasteiger partial charge in [0.2, 0.25) is 9.05 Å². The monoisotopic (exact) mass is 257 g/mol. The summed E-state index contributed by atoms with van der Waals surface area (Å²) in [6, 6.07) is 6.95. The first-order chi connectivity index (χ1) is 7.54. The van der Waals surface area contributed by atoms with Gasteiger partial charge in [-0.05, 0) is 17.7 Å². The normalized spacial score (nSPS) is 11.6. The largest absolute Gasteiger partial charge is 0.236 e. The lowest BCUT2D eigenvalue weighted by Crippen LogP contribution is -1.99. The van der Waals surface area contributed by atoms with Gasteiger partial charge in [-0.25, -0.2) is 13.1 Å². The molecule has 1 aromatic carbocycles. The predicted molar refractivity (Wildman–Crippen MR) is 59.8 cm³/mol. The molecule has 0 radical (unpaired) electrons. The maximum Gasteiger partial charge on any atom is 0.236 e. The van der Waals surface area contributed by atoms with E-state index in [9.17, 15) is 8.42 Å². The van der Waals surface area contributed by atoms with E-state index >= 15 is 0 Å². The van der Waals surface area contributed by atoms with Crippen LogP contribution in [-0.4, -0.2) is 23.4 Å². The van der Waals surface area contributed by atoms with Gasteiger partial charge in [0, 0.05) is 10.7 Å². The van der Waals surface area contributed by atoms with Crippen molar-refractivity contribution in [3.05, 3.63) is 42.2 Å². The van der Waals surface area contributed by atoms with Crippen LogP contribution in [0.3, 0.4) is 0 Å². The SMILES string of the molecule is O=S(=O)(Cl)Cc1cccc(-n2ccnn2)c1. The van der Waals surface area contributed by atoms with E-state index in [1.807, 2.05) is 0 Å². The number of benzene rings is 1. The predicted octanol–water partition coefficient (Wildman–Crippen LogP) is 1.34. The highest BCUT2D eigenvalue weighted by molar-refractivity contribution is 8.13. The maximum atomic E-state index is 10.9. The van der Waals surface area contributed by atoms with E-state index in [0.717, 1.165) is 5.69 Å². The minimum absolute atomic E-state index is 0.197. The molecule has 0 atom stereocenters. The molecule has 1 aromatic heterocycles. The Morgan fingerprint density at radius 1 is 1.38 bits per heavy atom. The first-order valence-corrected chi connectivity index (χ1v) is 6.90. The molecule has 7 heteroatoms. The van der Waals surface area contributed by atoms with E-state index in [-0.39, 0.29) is 5.75 Å². The third-order valence-electron chi connectivity index (χ3n) is 1.94. The molecule has 2 aromatic rings. The Morgan fingerprint density at radius 2 is 2.19 bits per heavy atom. The Morgan fingerprint density at radius 3 is 2.81 bits per heavy atom. The van der Waals surface area contributed by atoms with Gasteiger partial charge in [0.1, 0.15) is 0 Å². The Kier molecular flexibility index (Phi) is 2.93. The molecule has 0 saturated heterocycles. The highest BCUT2D eigenvalue weighted by Crippen LogP contribution is 2.13. The van der Waals surface area contributed by atoms with Gasteiger partial charge in [-0.1, -0.05) is 17.3 Å². The van der Waals surface area contributed by atoms with Crippen LogP contribution >= 0.6 is 10.7 Å². The highest BCUT2D eigenvalue weighted by atomic mass is 35.7. The molecular weight excluding hydrogens is 250 g/mol. The summed E-state index contributed by atoms with van der Waals surface area (Å²) in [5.74, 6) is -0.197. The minimum Gasteiger partial charge on any atom is -0.221 e. The van der Waals surface area contributed by atoms with E-state index in [4.69, 9.17) is 10.7 Å². The summed E-state index contributed by atoms with van der Waals surface area (Å²) in [7, 11) is 1.65. The second-order valence-corrected chi connectivity index (χ2v) is 5.98. The van der Waals surface area contributed by atoms with Crippen molar-refractivity contribution in [3.8, 4) is 5.69 Å². The molecule has 0 aliphatic heterocycles. The lowest BCUT2D eigenvalue weighted by molar-refractivity contribution is 0.609. The molecule has 1 heterocycles. The Bertz CT molecular complexity index is 581. The van der Waals surface area contributed by atoms with Crippen LogP contribution in [0.1, 0.15) is 5.56 Å². The lowest BCUT2D eigenvalue weighted by Gasteiger charge is -2.02. The van der Waals surface area contributed by atoms with E-state index in [2.05, 4.69) is 10.3 Å². The van der Waals surface area contributed by atoms with Crippen molar-refractivity contribution < 1.29 is 8.42 Å². The quantitative estimate of drug-likeness (QED) is 0.779. The zero-order valence-corrected chi connectivity index (χ0v) is 9.69. The van der Waals surface area contributed by atoms with Gasteiger partial charge in [-0.2, -0.15) is 0 Å². The highest BCUT2D eigenvalue weighted by Gasteiger charge is 2.07. The summed E-state index contributed by atoms with van der Waals surface area (Å²) in [4.78, 5) is 0. The number of halogens is 1. The molecule has 0 saturated carbocycles. The first kappa shape index (κ1) is 11.1. The molecule has 16 heavy (non-hydrogen) atoms. The number of nitrogens with zero attached hydrogens (tertiary/aromatic N) is 3. The van der Waals surface area contributed by atoms with Crippen LogP contribution in [0.25, 0.3) is 5.69 Å². The molecule has 84 valence electrons. The zero-order chi connectivity index (χ0) is 11.6. The lowest BCUT2D eigenvalue weighted by atomic mass is 10.2. The maximum absolute atomic E-state index is 10.9. The second kappa shape index (κ2) is 4.23. The Balaban J connectivity index is 2.34. The van der Waals surface area contributed by atoms with Gasteiger partial charge in [-0.15, -0.1) is 5.10 Å². The minimum atomic E-state index is -3.54. The zero-order valence-electron chi connectivity index (χ0n) is 8.12. The van der Waals surface area contributed by atoms with E-state index in [1.54, 1.807) is 41.3 Å². The summed E-state index contributed by atoms with van der Waals surface area (Å²) in [6.07, 6.45) is 3.22. The van der Waals surface area contributed by atoms with E-state index < -0.39 is 9.05 Å². The van der Waals surface area contributed by atoms with Crippen molar-refractivity contribution in [1.82, 2.24) is 15.0 Å². The molecule has 0 aliphatic carbocycles. The molecule has 0 unspecified atom stereocenters. The molecule has 5 nitrogen and oxygen atoms in total. The smallest absolute Gasteiger partial charge is 0.221 e. The fraction of sp³-hybridized carbons (Fsp3) is 0.111. The average Bonchev–Trinajstić information content (AvgIpc) is 2.68. The molecule has 0 N–H and O–H groups in total. The van der Waals surface area contributed by atoms with Gasteiger partial charge in [-0.3, -0.25) is 0 Å². The summed E-state index contributed by atoms with van der Waals surface area (Å²) >= 11 is 0. The number of rotatable bonds is 3. The van der Waals surface area contributed by atoms with Crippen LogP contribution in [0.2, 0.25) is 0 Å². The number of hydrogen-bond acceptors (Lipinski definition) is 4. The van der Waals surface area contributed by atoms with Crippen LogP contribution in [-0.2, 0) is 14.8 Å². The van der Waals surface area contributed by atoms with Crippen LogP contribution in [0.5, 0.6) is 0 Å². The molecule has 2 rings (SSSR count). The van der Waals surface area contributed by atoms with Gasteiger partial charge in [0.15, 0.2) is 0 Å². The van der Waals surface area contributed by atoms with Crippen molar-refractivity contribution in [2.75, 3.05) is 0 Å². The molecule has 0 spiro atoms. The van der Waals surface area contributed by atoms with Crippen molar-refractivity contribution in [1.29, 1.82) is 0 Å². The molecule has 0 amide bonds. The van der Waals surface area contributed by atoms with Gasteiger partial charge in [0.25, 0.3) is 0 Å². The number of aromatic nitrogens is 3. The fourth-order valence-corrected chi connectivity index (χ4v) is 2.29. The van der Waals surface area contributed by atoms with Gasteiger partial charge >= 0.3 is 0 Å². The molecule has 0 bridgehead atoms. The Hall–Kier alpha value is -1.40. The summed E-state index contributed by atoms with van der Waals surface area (Å²) < 4.78 is 23.4. The van der Waals surface area contributed by atoms with Crippen LogP contribution in [0, 0.1) is 0 Å². The molecular formula is C9H8ClN3O2S. The van der Waals surface area contributed by atoms with Crippen molar-refractivity contribution >= 4 is 19.7 Å². The number of hydrogen-bond donors (Lipinski definition) is 0. The summed E-state index contributed by atoms with van der Waals surface area (Å²) in [5.41, 5.74) is 1.36. The van der Waals surface area contributed by atoms with Crippen LogP contribution < -0.4 is 0 Å². The summed E-state index contributed by atoms with van der Waals surface area (Å²) in [6.45, 7) is 0. The first-order valence-electron chi connectivity index (χ1n) is 4.42. The van der Waals surface area contributed by atoms with Crippen LogP contribution in [0.4, 0.5) is 0 Å². The third kappa shape index (κ3) is 2.80. The summed E-state index contributed by atoms with van der Waals surface area (Å²) in [5, 5.41) is 7.48. The van der Waals surface area contributed by atoms with Crippen LogP contribution in [0.15, 0.2) is 36.7 Å². The Labute approximate surface area is 97.1 Å². The average molecular weight is 258 g/mol. The van der Waals surface area contributed by atoms with Gasteiger partial charge < -0.3 is 0 Å². The second-order valence-electron chi connectivity index (χ2n) is 3.20. The van der Waals surface area contributed by atoms with E-state index in [0.29, 0.717) is 5.56 Å². The van der Waals surface area contributed by atoms with E-state index in [1.165, 1.54) is 0 Å². The molecule has 0 aliphatic rings. The fourth-order valence-electron chi connectivity index (χ4n) is 1.33. The van der Waals surface area contributed by atoms with Crippen molar-refractivity contribution in [2.45, 2.75) is 5.75 Å². The van der Waals surface area contributed by atoms with Gasteiger partial charge in [0.05, 0.1) is 23.8 Å². The van der Waals surface area contributed by atoms with Crippen molar-refractivity contribution in [2.24, 2.45) is 0 Å². The third-order valence-corrected chi connectivity index (χ3v) is 2.94. The standard InChI is InChI=1S/C9H8ClN3O2S/c10-16(14,15)7-8-2-1-3-9(6-8)13-5-4-11-12-13/h1-6H,7H2. The topological polar surface area (TPSA) is 64.8 Å². The van der Waals surface area contributed by atoms with Crippen molar-refractivity contribution in [3.63, 3.8) is 0 Å².